The minimum absolute atomic E-state index is 0.121. The summed E-state index contributed by atoms with van der Waals surface area (Å²) in [5, 5.41) is 12.3. The first-order chi connectivity index (χ1) is 12.1. The van der Waals surface area contributed by atoms with Crippen molar-refractivity contribution in [1.29, 1.82) is 0 Å². The van der Waals surface area contributed by atoms with Gasteiger partial charge < -0.3 is 14.8 Å². The van der Waals surface area contributed by atoms with Gasteiger partial charge in [-0.2, -0.15) is 0 Å². The summed E-state index contributed by atoms with van der Waals surface area (Å²) >= 11 is 0. The Morgan fingerprint density at radius 2 is 1.84 bits per heavy atom. The van der Waals surface area contributed by atoms with Gasteiger partial charge in [-0.05, 0) is 37.0 Å². The number of carboxylic acid groups (broad SMARTS) is 1. The van der Waals surface area contributed by atoms with Crippen LogP contribution in [0, 0.1) is 0 Å². The van der Waals surface area contributed by atoms with E-state index in [0.717, 1.165) is 24.2 Å². The Morgan fingerprint density at radius 3 is 2.44 bits per heavy atom. The highest BCUT2D eigenvalue weighted by Gasteiger charge is 2.42. The average Bonchev–Trinajstić information content (AvgIpc) is 3.27. The SMILES string of the molecule is O=C(C[C@H](Cc1ccccc1)c1ccco1)NC1(C(=O)O)CCCC1. The number of furan rings is 1. The molecule has 1 heterocycles. The molecule has 5 heteroatoms. The van der Waals surface area contributed by atoms with E-state index >= 15 is 0 Å². The molecule has 0 saturated heterocycles. The third-order valence-corrected chi connectivity index (χ3v) is 4.95. The summed E-state index contributed by atoms with van der Waals surface area (Å²) in [4.78, 5) is 24.2. The molecule has 0 aliphatic heterocycles. The molecule has 25 heavy (non-hydrogen) atoms. The molecular formula is C20H23NO4. The van der Waals surface area contributed by atoms with E-state index in [1.54, 1.807) is 12.3 Å². The molecule has 5 nitrogen and oxygen atoms in total. The van der Waals surface area contributed by atoms with Crippen LogP contribution in [-0.2, 0) is 16.0 Å². The van der Waals surface area contributed by atoms with Gasteiger partial charge in [-0.1, -0.05) is 43.2 Å². The Hall–Kier alpha value is -2.56. The van der Waals surface area contributed by atoms with Crippen LogP contribution in [-0.4, -0.2) is 22.5 Å². The number of aliphatic carboxylic acids is 1. The van der Waals surface area contributed by atoms with Crippen LogP contribution in [0.15, 0.2) is 53.1 Å². The van der Waals surface area contributed by atoms with Crippen LogP contribution in [0.25, 0.3) is 0 Å². The van der Waals surface area contributed by atoms with Gasteiger partial charge in [0.1, 0.15) is 11.3 Å². The summed E-state index contributed by atoms with van der Waals surface area (Å²) < 4.78 is 5.51. The molecule has 1 aromatic carbocycles. The van der Waals surface area contributed by atoms with Crippen LogP contribution in [0.1, 0.15) is 49.3 Å². The van der Waals surface area contributed by atoms with Gasteiger partial charge in [0.2, 0.25) is 5.91 Å². The molecule has 1 amide bonds. The van der Waals surface area contributed by atoms with Gasteiger partial charge in [0.25, 0.3) is 0 Å². The molecule has 1 aliphatic carbocycles. The van der Waals surface area contributed by atoms with Crippen molar-refractivity contribution in [3.05, 3.63) is 60.1 Å². The number of hydrogen-bond acceptors (Lipinski definition) is 3. The smallest absolute Gasteiger partial charge is 0.329 e. The minimum Gasteiger partial charge on any atom is -0.480 e. The molecule has 1 saturated carbocycles. The van der Waals surface area contributed by atoms with Crippen LogP contribution in [0.4, 0.5) is 0 Å². The van der Waals surface area contributed by atoms with E-state index in [-0.39, 0.29) is 18.2 Å². The summed E-state index contributed by atoms with van der Waals surface area (Å²) in [6.07, 6.45) is 5.13. The van der Waals surface area contributed by atoms with Crippen molar-refractivity contribution in [1.82, 2.24) is 5.32 Å². The monoisotopic (exact) mass is 341 g/mol. The zero-order valence-electron chi connectivity index (χ0n) is 14.1. The molecular weight excluding hydrogens is 318 g/mol. The van der Waals surface area contributed by atoms with E-state index < -0.39 is 11.5 Å². The van der Waals surface area contributed by atoms with Gasteiger partial charge in [0.05, 0.1) is 6.26 Å². The van der Waals surface area contributed by atoms with Crippen LogP contribution in [0.3, 0.4) is 0 Å². The summed E-state index contributed by atoms with van der Waals surface area (Å²) in [5.41, 5.74) is 0.0166. The van der Waals surface area contributed by atoms with Gasteiger partial charge in [-0.25, -0.2) is 4.79 Å². The van der Waals surface area contributed by atoms with E-state index in [1.165, 1.54) is 0 Å². The summed E-state index contributed by atoms with van der Waals surface area (Å²) in [5.74, 6) is -0.544. The van der Waals surface area contributed by atoms with E-state index in [4.69, 9.17) is 4.42 Å². The van der Waals surface area contributed by atoms with E-state index in [0.29, 0.717) is 19.3 Å². The maximum absolute atomic E-state index is 12.6. The zero-order valence-corrected chi connectivity index (χ0v) is 14.1. The lowest BCUT2D eigenvalue weighted by atomic mass is 9.92. The Bertz CT molecular complexity index is 703. The average molecular weight is 341 g/mol. The largest absolute Gasteiger partial charge is 0.480 e. The van der Waals surface area contributed by atoms with Gasteiger partial charge in [0.15, 0.2) is 0 Å². The van der Waals surface area contributed by atoms with Crippen molar-refractivity contribution in [2.45, 2.75) is 50.0 Å². The van der Waals surface area contributed by atoms with Crippen molar-refractivity contribution >= 4 is 11.9 Å². The van der Waals surface area contributed by atoms with E-state index in [9.17, 15) is 14.7 Å². The summed E-state index contributed by atoms with van der Waals surface area (Å²) in [6, 6.07) is 13.6. The molecule has 3 rings (SSSR count). The summed E-state index contributed by atoms with van der Waals surface area (Å²) in [7, 11) is 0. The van der Waals surface area contributed by atoms with Crippen molar-refractivity contribution in [3.63, 3.8) is 0 Å². The number of carbonyl (C=O) groups excluding carboxylic acids is 1. The van der Waals surface area contributed by atoms with E-state index in [2.05, 4.69) is 5.32 Å². The van der Waals surface area contributed by atoms with Gasteiger partial charge >= 0.3 is 5.97 Å². The van der Waals surface area contributed by atoms with Gasteiger partial charge in [0, 0.05) is 12.3 Å². The second-order valence-electron chi connectivity index (χ2n) is 6.75. The molecule has 0 radical (unpaired) electrons. The lowest BCUT2D eigenvalue weighted by Gasteiger charge is -2.26. The van der Waals surface area contributed by atoms with Crippen molar-refractivity contribution in [2.75, 3.05) is 0 Å². The minimum atomic E-state index is -1.10. The Kier molecular flexibility index (Phi) is 5.22. The fraction of sp³-hybridized carbons (Fsp3) is 0.400. The number of rotatable bonds is 7. The molecule has 0 unspecified atom stereocenters. The third kappa shape index (κ3) is 4.10. The van der Waals surface area contributed by atoms with Crippen LogP contribution in [0.2, 0.25) is 0 Å². The van der Waals surface area contributed by atoms with Crippen LogP contribution < -0.4 is 5.32 Å². The number of amides is 1. The molecule has 1 fully saturated rings. The number of carboxylic acids is 1. The fourth-order valence-corrected chi connectivity index (χ4v) is 3.61. The topological polar surface area (TPSA) is 79.5 Å². The first kappa shape index (κ1) is 17.3. The molecule has 1 aromatic heterocycles. The molecule has 0 spiro atoms. The molecule has 0 bridgehead atoms. The summed E-state index contributed by atoms with van der Waals surface area (Å²) in [6.45, 7) is 0. The first-order valence-corrected chi connectivity index (χ1v) is 8.71. The van der Waals surface area contributed by atoms with Crippen LogP contribution in [0.5, 0.6) is 0 Å². The Balaban J connectivity index is 1.71. The number of nitrogens with one attached hydrogen (secondary N) is 1. The number of hydrogen-bond donors (Lipinski definition) is 2. The van der Waals surface area contributed by atoms with E-state index in [1.807, 2.05) is 36.4 Å². The third-order valence-electron chi connectivity index (χ3n) is 4.95. The molecule has 1 atom stereocenters. The second-order valence-corrected chi connectivity index (χ2v) is 6.75. The quantitative estimate of drug-likeness (QED) is 0.808. The lowest BCUT2D eigenvalue weighted by Crippen LogP contribution is -2.52. The molecule has 2 aromatic rings. The van der Waals surface area contributed by atoms with Crippen molar-refractivity contribution in [2.24, 2.45) is 0 Å². The normalized spacial score (nSPS) is 17.1. The number of carbonyl (C=O) groups is 2. The predicted molar refractivity (Wildman–Crippen MR) is 93.2 cm³/mol. The zero-order chi connectivity index (χ0) is 17.7. The first-order valence-electron chi connectivity index (χ1n) is 8.71. The highest BCUT2D eigenvalue weighted by Crippen LogP contribution is 2.31. The van der Waals surface area contributed by atoms with Gasteiger partial charge in [-0.3, -0.25) is 4.79 Å². The van der Waals surface area contributed by atoms with Crippen LogP contribution >= 0.6 is 0 Å². The predicted octanol–water partition coefficient (Wildman–Crippen LogP) is 3.51. The highest BCUT2D eigenvalue weighted by atomic mass is 16.4. The number of benzene rings is 1. The fourth-order valence-electron chi connectivity index (χ4n) is 3.61. The van der Waals surface area contributed by atoms with Gasteiger partial charge in [-0.15, -0.1) is 0 Å². The lowest BCUT2D eigenvalue weighted by molar-refractivity contribution is -0.147. The molecule has 2 N–H and O–H groups in total. The van der Waals surface area contributed by atoms with Crippen molar-refractivity contribution in [3.8, 4) is 0 Å². The van der Waals surface area contributed by atoms with Crippen molar-refractivity contribution < 1.29 is 19.1 Å². The highest BCUT2D eigenvalue weighted by molar-refractivity contribution is 5.87. The maximum atomic E-state index is 12.6. The maximum Gasteiger partial charge on any atom is 0.329 e. The second kappa shape index (κ2) is 7.55. The molecule has 1 aliphatic rings. The Morgan fingerprint density at radius 1 is 1.12 bits per heavy atom. The standard InChI is InChI=1S/C20H23NO4/c22-18(21-20(19(23)24)10-4-5-11-20)14-16(17-9-6-12-25-17)13-15-7-2-1-3-8-15/h1-3,6-9,12,16H,4-5,10-11,13-14H2,(H,21,22)(H,23,24)/t16-/m0/s1. The molecule has 132 valence electrons. The Labute approximate surface area is 147 Å².